The van der Waals surface area contributed by atoms with Crippen LogP contribution in [0.3, 0.4) is 0 Å². The highest BCUT2D eigenvalue weighted by atomic mass is 16.4. The second kappa shape index (κ2) is 4.52. The van der Waals surface area contributed by atoms with Gasteiger partial charge in [0.15, 0.2) is 0 Å². The summed E-state index contributed by atoms with van der Waals surface area (Å²) < 4.78 is 0. The molecule has 1 N–H and O–H groups in total. The fraction of sp³-hybridized carbons (Fsp3) is 0.357. The third-order valence-electron chi connectivity index (χ3n) is 3.07. The van der Waals surface area contributed by atoms with Crippen LogP contribution in [0.4, 0.5) is 0 Å². The molecule has 1 fully saturated rings. The van der Waals surface area contributed by atoms with Crippen molar-refractivity contribution in [2.24, 2.45) is 5.92 Å². The maximum Gasteiger partial charge on any atom is 0.328 e. The van der Waals surface area contributed by atoms with Crippen molar-refractivity contribution >= 4 is 5.97 Å². The topological polar surface area (TPSA) is 37.3 Å². The molecule has 0 saturated heterocycles. The van der Waals surface area contributed by atoms with E-state index in [1.165, 1.54) is 17.2 Å². The van der Waals surface area contributed by atoms with Gasteiger partial charge in [-0.1, -0.05) is 29.8 Å². The first kappa shape index (κ1) is 10.9. The fourth-order valence-electron chi connectivity index (χ4n) is 1.95. The molecule has 0 aromatic heterocycles. The van der Waals surface area contributed by atoms with Crippen molar-refractivity contribution in [1.29, 1.82) is 0 Å². The molecule has 0 heterocycles. The van der Waals surface area contributed by atoms with E-state index in [0.29, 0.717) is 5.92 Å². The van der Waals surface area contributed by atoms with Crippen LogP contribution in [-0.4, -0.2) is 11.1 Å². The van der Waals surface area contributed by atoms with Crippen LogP contribution in [0, 0.1) is 12.8 Å². The molecule has 0 atom stereocenters. The SMILES string of the molecule is Cc1ccccc1C/C(=C/C(=O)O)C1CC1. The summed E-state index contributed by atoms with van der Waals surface area (Å²) in [7, 11) is 0. The normalized spacial score (nSPS) is 16.2. The van der Waals surface area contributed by atoms with E-state index in [0.717, 1.165) is 24.8 Å². The Labute approximate surface area is 95.6 Å². The van der Waals surface area contributed by atoms with Crippen molar-refractivity contribution in [3.05, 3.63) is 47.0 Å². The Morgan fingerprint density at radius 1 is 1.44 bits per heavy atom. The minimum atomic E-state index is -0.824. The molecule has 0 radical (unpaired) electrons. The highest BCUT2D eigenvalue weighted by Crippen LogP contribution is 2.38. The van der Waals surface area contributed by atoms with Gasteiger partial charge < -0.3 is 5.11 Å². The standard InChI is InChI=1S/C14H16O2/c1-10-4-2-3-5-12(10)8-13(9-14(15)16)11-6-7-11/h2-5,9,11H,6-8H2,1H3,(H,15,16)/b13-9-. The number of hydrogen-bond donors (Lipinski definition) is 1. The van der Waals surface area contributed by atoms with Crippen molar-refractivity contribution in [2.45, 2.75) is 26.2 Å². The number of carboxylic acid groups (broad SMARTS) is 1. The second-order valence-electron chi connectivity index (χ2n) is 4.44. The van der Waals surface area contributed by atoms with Gasteiger partial charge in [0.1, 0.15) is 0 Å². The summed E-state index contributed by atoms with van der Waals surface area (Å²) in [4.78, 5) is 10.7. The summed E-state index contributed by atoms with van der Waals surface area (Å²) in [6.45, 7) is 2.07. The van der Waals surface area contributed by atoms with Crippen LogP contribution in [0.15, 0.2) is 35.9 Å². The van der Waals surface area contributed by atoms with E-state index in [9.17, 15) is 4.79 Å². The maximum absolute atomic E-state index is 10.7. The maximum atomic E-state index is 10.7. The van der Waals surface area contributed by atoms with E-state index >= 15 is 0 Å². The molecular formula is C14H16O2. The zero-order valence-corrected chi connectivity index (χ0v) is 9.44. The molecule has 1 aromatic rings. The van der Waals surface area contributed by atoms with E-state index in [4.69, 9.17) is 5.11 Å². The molecule has 0 amide bonds. The van der Waals surface area contributed by atoms with Gasteiger partial charge in [0.05, 0.1) is 0 Å². The van der Waals surface area contributed by atoms with Crippen LogP contribution in [0.1, 0.15) is 24.0 Å². The summed E-state index contributed by atoms with van der Waals surface area (Å²) >= 11 is 0. The van der Waals surface area contributed by atoms with E-state index in [1.807, 2.05) is 12.1 Å². The van der Waals surface area contributed by atoms with E-state index in [1.54, 1.807) is 0 Å². The van der Waals surface area contributed by atoms with Crippen molar-refractivity contribution in [3.8, 4) is 0 Å². The van der Waals surface area contributed by atoms with Crippen LogP contribution >= 0.6 is 0 Å². The molecule has 1 saturated carbocycles. The smallest absolute Gasteiger partial charge is 0.328 e. The minimum absolute atomic E-state index is 0.510. The van der Waals surface area contributed by atoms with E-state index < -0.39 is 5.97 Å². The van der Waals surface area contributed by atoms with Gasteiger partial charge in [-0.15, -0.1) is 0 Å². The van der Waals surface area contributed by atoms with Crippen LogP contribution in [0.25, 0.3) is 0 Å². The summed E-state index contributed by atoms with van der Waals surface area (Å²) in [6.07, 6.45) is 4.46. The Kier molecular flexibility index (Phi) is 3.09. The lowest BCUT2D eigenvalue weighted by atomic mass is 9.97. The van der Waals surface area contributed by atoms with E-state index in [2.05, 4.69) is 19.1 Å². The van der Waals surface area contributed by atoms with Gasteiger partial charge in [0.25, 0.3) is 0 Å². The largest absolute Gasteiger partial charge is 0.478 e. The lowest BCUT2D eigenvalue weighted by Crippen LogP contribution is -1.99. The lowest BCUT2D eigenvalue weighted by Gasteiger charge is -2.08. The number of aryl methyl sites for hydroxylation is 1. The molecule has 0 unspecified atom stereocenters. The minimum Gasteiger partial charge on any atom is -0.478 e. The second-order valence-corrected chi connectivity index (χ2v) is 4.44. The molecule has 2 rings (SSSR count). The van der Waals surface area contributed by atoms with Crippen molar-refractivity contribution in [1.82, 2.24) is 0 Å². The average Bonchev–Trinajstić information content (AvgIpc) is 3.03. The number of aliphatic carboxylic acids is 1. The first-order valence-electron chi connectivity index (χ1n) is 5.64. The van der Waals surface area contributed by atoms with Crippen LogP contribution in [0.2, 0.25) is 0 Å². The van der Waals surface area contributed by atoms with Gasteiger partial charge >= 0.3 is 5.97 Å². The summed E-state index contributed by atoms with van der Waals surface area (Å²) in [6, 6.07) is 8.16. The van der Waals surface area contributed by atoms with Gasteiger partial charge in [0.2, 0.25) is 0 Å². The molecule has 1 aromatic carbocycles. The molecule has 16 heavy (non-hydrogen) atoms. The number of benzene rings is 1. The summed E-state index contributed by atoms with van der Waals surface area (Å²) in [5.41, 5.74) is 3.54. The van der Waals surface area contributed by atoms with Gasteiger partial charge in [-0.25, -0.2) is 4.79 Å². The number of carboxylic acids is 1. The highest BCUT2D eigenvalue weighted by molar-refractivity contribution is 5.81. The van der Waals surface area contributed by atoms with Crippen LogP contribution in [-0.2, 0) is 11.2 Å². The molecule has 2 nitrogen and oxygen atoms in total. The highest BCUT2D eigenvalue weighted by Gasteiger charge is 2.26. The summed E-state index contributed by atoms with van der Waals surface area (Å²) in [5, 5.41) is 8.83. The predicted molar refractivity (Wildman–Crippen MR) is 63.3 cm³/mol. The molecule has 1 aliphatic rings. The molecule has 84 valence electrons. The zero-order chi connectivity index (χ0) is 11.5. The Morgan fingerprint density at radius 3 is 2.69 bits per heavy atom. The van der Waals surface area contributed by atoms with E-state index in [-0.39, 0.29) is 0 Å². The van der Waals surface area contributed by atoms with Crippen molar-refractivity contribution in [2.75, 3.05) is 0 Å². The number of carbonyl (C=O) groups is 1. The average molecular weight is 216 g/mol. The Hall–Kier alpha value is -1.57. The van der Waals surface area contributed by atoms with Gasteiger partial charge in [-0.2, -0.15) is 0 Å². The van der Waals surface area contributed by atoms with Crippen molar-refractivity contribution in [3.63, 3.8) is 0 Å². The van der Waals surface area contributed by atoms with Crippen molar-refractivity contribution < 1.29 is 9.90 Å². The molecule has 1 aliphatic carbocycles. The predicted octanol–water partition coefficient (Wildman–Crippen LogP) is 2.96. The first-order chi connectivity index (χ1) is 7.66. The Bertz CT molecular complexity index is 428. The van der Waals surface area contributed by atoms with Gasteiger partial charge in [-0.3, -0.25) is 0 Å². The molecule has 0 spiro atoms. The number of rotatable bonds is 4. The fourth-order valence-corrected chi connectivity index (χ4v) is 1.95. The molecule has 0 bridgehead atoms. The zero-order valence-electron chi connectivity index (χ0n) is 9.44. The molecule has 2 heteroatoms. The Morgan fingerprint density at radius 2 is 2.12 bits per heavy atom. The molecular weight excluding hydrogens is 200 g/mol. The van der Waals surface area contributed by atoms with Crippen LogP contribution in [0.5, 0.6) is 0 Å². The van der Waals surface area contributed by atoms with Gasteiger partial charge in [-0.05, 0) is 43.2 Å². The summed E-state index contributed by atoms with van der Waals surface area (Å²) in [5.74, 6) is -0.314. The number of hydrogen-bond acceptors (Lipinski definition) is 1. The third-order valence-corrected chi connectivity index (χ3v) is 3.07. The molecule has 0 aliphatic heterocycles. The number of allylic oxidation sites excluding steroid dienone is 1. The quantitative estimate of drug-likeness (QED) is 0.786. The third kappa shape index (κ3) is 2.72. The van der Waals surface area contributed by atoms with Gasteiger partial charge in [0, 0.05) is 6.08 Å². The van der Waals surface area contributed by atoms with Crippen LogP contribution < -0.4 is 0 Å². The monoisotopic (exact) mass is 216 g/mol. The lowest BCUT2D eigenvalue weighted by molar-refractivity contribution is -0.131. The first-order valence-corrected chi connectivity index (χ1v) is 5.64. The Balaban J connectivity index is 2.18.